The smallest absolute Gasteiger partial charge is 0.0336 e. The van der Waals surface area contributed by atoms with Crippen LogP contribution in [0.25, 0.3) is 10.8 Å². The van der Waals surface area contributed by atoms with E-state index < -0.39 is 0 Å². The molecule has 0 amide bonds. The number of rotatable bonds is 8. The summed E-state index contributed by atoms with van der Waals surface area (Å²) in [5.74, 6) is 13.6. The second kappa shape index (κ2) is 12.2. The Morgan fingerprint density at radius 2 is 1.12 bits per heavy atom. The van der Waals surface area contributed by atoms with Crippen molar-refractivity contribution < 1.29 is 0 Å². The first kappa shape index (κ1) is 20.1. The third-order valence-electron chi connectivity index (χ3n) is 4.66. The molecule has 0 radical (unpaired) electrons. The first-order valence-electron chi connectivity index (χ1n) is 10.4. The fourth-order valence-electron chi connectivity index (χ4n) is 3.15. The van der Waals surface area contributed by atoms with Crippen LogP contribution in [0.2, 0.25) is 0 Å². The van der Waals surface area contributed by atoms with Crippen LogP contribution in [0.1, 0.15) is 89.2 Å². The minimum Gasteiger partial charge on any atom is -0.0979 e. The Bertz CT molecular complexity index is 725. The van der Waals surface area contributed by atoms with E-state index in [0.29, 0.717) is 0 Å². The molecule has 2 aromatic carbocycles. The van der Waals surface area contributed by atoms with Crippen LogP contribution in [-0.4, -0.2) is 0 Å². The summed E-state index contributed by atoms with van der Waals surface area (Å²) in [6, 6.07) is 12.8. The minimum absolute atomic E-state index is 0.988. The summed E-state index contributed by atoms with van der Waals surface area (Å²) in [6.07, 6.45) is 12.1. The van der Waals surface area contributed by atoms with E-state index in [-0.39, 0.29) is 0 Å². The summed E-state index contributed by atoms with van der Waals surface area (Å²) in [6.45, 7) is 4.49. The zero-order valence-electron chi connectivity index (χ0n) is 16.5. The van der Waals surface area contributed by atoms with Gasteiger partial charge in [0.15, 0.2) is 0 Å². The fraction of sp³-hybridized carbons (Fsp3) is 0.462. The molecule has 0 bridgehead atoms. The van der Waals surface area contributed by atoms with Crippen LogP contribution in [0.4, 0.5) is 0 Å². The zero-order valence-corrected chi connectivity index (χ0v) is 16.5. The van der Waals surface area contributed by atoms with Gasteiger partial charge in [0.2, 0.25) is 0 Å². The number of hydrogen-bond donors (Lipinski definition) is 0. The predicted molar refractivity (Wildman–Crippen MR) is 115 cm³/mol. The highest BCUT2D eigenvalue weighted by molar-refractivity contribution is 5.93. The van der Waals surface area contributed by atoms with Gasteiger partial charge in [-0.05, 0) is 30.4 Å². The maximum absolute atomic E-state index is 3.41. The Morgan fingerprint density at radius 1 is 0.615 bits per heavy atom. The van der Waals surface area contributed by atoms with E-state index in [1.807, 2.05) is 0 Å². The van der Waals surface area contributed by atoms with E-state index in [2.05, 4.69) is 73.9 Å². The molecule has 0 heteroatoms. The van der Waals surface area contributed by atoms with Crippen LogP contribution in [0.3, 0.4) is 0 Å². The van der Waals surface area contributed by atoms with Crippen molar-refractivity contribution in [3.05, 3.63) is 47.5 Å². The Labute approximate surface area is 160 Å². The van der Waals surface area contributed by atoms with Crippen molar-refractivity contribution in [3.63, 3.8) is 0 Å². The lowest BCUT2D eigenvalue weighted by Gasteiger charge is -2.04. The third-order valence-corrected chi connectivity index (χ3v) is 4.66. The van der Waals surface area contributed by atoms with Gasteiger partial charge in [0.05, 0.1) is 0 Å². The van der Waals surface area contributed by atoms with Crippen LogP contribution >= 0.6 is 0 Å². The second-order valence-corrected chi connectivity index (χ2v) is 6.93. The molecule has 26 heavy (non-hydrogen) atoms. The van der Waals surface area contributed by atoms with Crippen molar-refractivity contribution in [2.75, 3.05) is 0 Å². The highest BCUT2D eigenvalue weighted by Crippen LogP contribution is 2.22. The molecule has 0 aromatic heterocycles. The van der Waals surface area contributed by atoms with Crippen molar-refractivity contribution in [2.45, 2.75) is 78.1 Å². The van der Waals surface area contributed by atoms with Gasteiger partial charge in [0.1, 0.15) is 0 Å². The van der Waals surface area contributed by atoms with Gasteiger partial charge in [-0.2, -0.15) is 0 Å². The molecule has 0 N–H and O–H groups in total. The van der Waals surface area contributed by atoms with Crippen molar-refractivity contribution >= 4 is 10.8 Å². The van der Waals surface area contributed by atoms with Gasteiger partial charge >= 0.3 is 0 Å². The number of unbranched alkanes of at least 4 members (excludes halogenated alkanes) is 8. The first-order chi connectivity index (χ1) is 12.9. The van der Waals surface area contributed by atoms with E-state index in [1.165, 1.54) is 62.1 Å². The van der Waals surface area contributed by atoms with Crippen molar-refractivity contribution in [2.24, 2.45) is 0 Å². The topological polar surface area (TPSA) is 0 Å². The summed E-state index contributed by atoms with van der Waals surface area (Å²) in [5.41, 5.74) is 2.24. The lowest BCUT2D eigenvalue weighted by molar-refractivity contribution is 0.679. The lowest BCUT2D eigenvalue weighted by atomic mass is 9.99. The number of hydrogen-bond acceptors (Lipinski definition) is 0. The van der Waals surface area contributed by atoms with Crippen LogP contribution in [-0.2, 0) is 0 Å². The number of fused-ring (bicyclic) bond motifs is 1. The molecule has 2 rings (SSSR count). The van der Waals surface area contributed by atoms with Gasteiger partial charge < -0.3 is 0 Å². The fourth-order valence-corrected chi connectivity index (χ4v) is 3.15. The molecule has 0 saturated carbocycles. The molecule has 0 spiro atoms. The number of benzene rings is 2. The summed E-state index contributed by atoms with van der Waals surface area (Å²) in [4.78, 5) is 0. The highest BCUT2D eigenvalue weighted by Gasteiger charge is 2.02. The Hall–Kier alpha value is -2.18. The largest absolute Gasteiger partial charge is 0.0979 e. The van der Waals surface area contributed by atoms with Gasteiger partial charge in [0, 0.05) is 29.4 Å². The summed E-state index contributed by atoms with van der Waals surface area (Å²) < 4.78 is 0. The highest BCUT2D eigenvalue weighted by atomic mass is 14.0. The van der Waals surface area contributed by atoms with Gasteiger partial charge in [0.25, 0.3) is 0 Å². The SMILES string of the molecule is CCCCCCC#Cc1cccc2cccc(C#CCCCCCC)c12. The molecule has 0 saturated heterocycles. The minimum atomic E-state index is 0.988. The molecule has 0 unspecified atom stereocenters. The van der Waals surface area contributed by atoms with Crippen molar-refractivity contribution in [1.29, 1.82) is 0 Å². The monoisotopic (exact) mass is 344 g/mol. The van der Waals surface area contributed by atoms with E-state index in [1.54, 1.807) is 0 Å². The second-order valence-electron chi connectivity index (χ2n) is 6.93. The Morgan fingerprint density at radius 3 is 1.58 bits per heavy atom. The van der Waals surface area contributed by atoms with Gasteiger partial charge in [-0.3, -0.25) is 0 Å². The molecule has 0 fully saturated rings. The molecule has 2 aromatic rings. The van der Waals surface area contributed by atoms with E-state index in [4.69, 9.17) is 0 Å². The van der Waals surface area contributed by atoms with Crippen LogP contribution in [0.15, 0.2) is 36.4 Å². The van der Waals surface area contributed by atoms with Crippen molar-refractivity contribution in [1.82, 2.24) is 0 Å². The molecule has 136 valence electrons. The molecule has 0 aliphatic heterocycles. The predicted octanol–water partition coefficient (Wildman–Crippen LogP) is 7.48. The Kier molecular flexibility index (Phi) is 9.46. The average Bonchev–Trinajstić information content (AvgIpc) is 2.67. The molecule has 0 heterocycles. The Balaban J connectivity index is 2.13. The molecular formula is C26H32. The third kappa shape index (κ3) is 6.61. The van der Waals surface area contributed by atoms with Gasteiger partial charge in [-0.1, -0.05) is 100 Å². The average molecular weight is 345 g/mol. The molecule has 0 nitrogen and oxygen atoms in total. The molecular weight excluding hydrogens is 312 g/mol. The van der Waals surface area contributed by atoms with E-state index in [0.717, 1.165) is 24.0 Å². The first-order valence-corrected chi connectivity index (χ1v) is 10.4. The van der Waals surface area contributed by atoms with Crippen LogP contribution in [0, 0.1) is 23.7 Å². The molecule has 0 aliphatic rings. The quantitative estimate of drug-likeness (QED) is 0.344. The van der Waals surface area contributed by atoms with E-state index >= 15 is 0 Å². The molecule has 0 atom stereocenters. The van der Waals surface area contributed by atoms with Crippen LogP contribution < -0.4 is 0 Å². The maximum Gasteiger partial charge on any atom is 0.0336 e. The van der Waals surface area contributed by atoms with E-state index in [9.17, 15) is 0 Å². The lowest BCUT2D eigenvalue weighted by Crippen LogP contribution is -1.85. The zero-order chi connectivity index (χ0) is 18.5. The van der Waals surface area contributed by atoms with Crippen LogP contribution in [0.5, 0.6) is 0 Å². The van der Waals surface area contributed by atoms with Gasteiger partial charge in [-0.25, -0.2) is 0 Å². The normalized spacial score (nSPS) is 10.1. The van der Waals surface area contributed by atoms with Gasteiger partial charge in [-0.15, -0.1) is 0 Å². The maximum atomic E-state index is 3.41. The summed E-state index contributed by atoms with van der Waals surface area (Å²) in [7, 11) is 0. The standard InChI is InChI=1S/C26H32/c1-3-5-7-9-11-13-17-23-19-15-21-25-22-16-20-24(26(23)25)18-14-12-10-8-6-4-2/h15-16,19-22H,3-12H2,1-2H3. The summed E-state index contributed by atoms with van der Waals surface area (Å²) in [5, 5.41) is 2.46. The summed E-state index contributed by atoms with van der Waals surface area (Å²) >= 11 is 0. The van der Waals surface area contributed by atoms with Crippen molar-refractivity contribution in [3.8, 4) is 23.7 Å². The molecule has 0 aliphatic carbocycles.